The van der Waals surface area contributed by atoms with Crippen LogP contribution in [0.4, 0.5) is 0 Å². The van der Waals surface area contributed by atoms with Gasteiger partial charge < -0.3 is 19.1 Å². The van der Waals surface area contributed by atoms with Gasteiger partial charge in [0, 0.05) is 43.3 Å². The van der Waals surface area contributed by atoms with Crippen LogP contribution in [-0.4, -0.2) is 75.5 Å². The second kappa shape index (κ2) is 9.33. The van der Waals surface area contributed by atoms with Crippen LogP contribution in [0.2, 0.25) is 0 Å². The molecule has 3 aliphatic rings. The number of carbonyl (C=O) groups is 1. The third-order valence-electron chi connectivity index (χ3n) is 7.51. The summed E-state index contributed by atoms with van der Waals surface area (Å²) in [4.78, 5) is 15.8. The number of hydrogen-bond acceptors (Lipinski definition) is 7. The van der Waals surface area contributed by atoms with Crippen LogP contribution in [0.25, 0.3) is 16.6 Å². The van der Waals surface area contributed by atoms with E-state index in [-0.39, 0.29) is 29.6 Å². The van der Waals surface area contributed by atoms with Gasteiger partial charge in [0.25, 0.3) is 0 Å². The summed E-state index contributed by atoms with van der Waals surface area (Å²) >= 11 is 0. The van der Waals surface area contributed by atoms with E-state index in [0.717, 1.165) is 54.5 Å². The summed E-state index contributed by atoms with van der Waals surface area (Å²) in [5, 5.41) is 10.0. The molecule has 3 aliphatic heterocycles. The lowest BCUT2D eigenvalue weighted by Gasteiger charge is -2.52. The zero-order valence-corrected chi connectivity index (χ0v) is 21.1. The minimum absolute atomic E-state index is 0.0685. The molecule has 2 N–H and O–H groups in total. The smallest absolute Gasteiger partial charge is 0.355 e. The van der Waals surface area contributed by atoms with E-state index < -0.39 is 16.0 Å². The Hall–Kier alpha value is -2.24. The summed E-state index contributed by atoms with van der Waals surface area (Å²) in [5.41, 5.74) is 3.18. The number of nitrogens with zero attached hydrogens (tertiary/aromatic N) is 2. The first kappa shape index (κ1) is 24.5. The molecule has 1 aromatic carbocycles. The van der Waals surface area contributed by atoms with E-state index in [2.05, 4.69) is 16.5 Å². The lowest BCUT2D eigenvalue weighted by atomic mass is 9.69. The quantitative estimate of drug-likeness (QED) is 0.398. The molecule has 9 nitrogen and oxygen atoms in total. The lowest BCUT2D eigenvalue weighted by Crippen LogP contribution is -2.50. The van der Waals surface area contributed by atoms with Crippen molar-refractivity contribution in [2.24, 2.45) is 5.41 Å². The molecule has 4 heterocycles. The molecular weight excluding hydrogens is 470 g/mol. The molecule has 0 unspecified atom stereocenters. The van der Waals surface area contributed by atoms with Gasteiger partial charge >= 0.3 is 5.97 Å². The largest absolute Gasteiger partial charge is 0.459 e. The molecule has 5 rings (SSSR count). The second-order valence-corrected chi connectivity index (χ2v) is 11.6. The molecule has 0 spiro atoms. The number of aromatic nitrogens is 1. The molecule has 0 aliphatic carbocycles. The fraction of sp³-hybridized carbons (Fsp3) is 0.560. The number of sulfonamides is 1. The second-order valence-electron chi connectivity index (χ2n) is 9.81. The molecule has 0 amide bonds. The first-order valence-electron chi connectivity index (χ1n) is 12.2. The van der Waals surface area contributed by atoms with E-state index in [1.165, 1.54) is 0 Å². The van der Waals surface area contributed by atoms with E-state index in [9.17, 15) is 18.3 Å². The minimum atomic E-state index is -3.68. The Morgan fingerprint density at radius 2 is 2.11 bits per heavy atom. The summed E-state index contributed by atoms with van der Waals surface area (Å²) in [6.45, 7) is 4.57. The molecule has 0 bridgehead atoms. The van der Waals surface area contributed by atoms with Crippen LogP contribution in [-0.2, 0) is 30.7 Å². The number of ether oxygens (including phenoxy) is 2. The van der Waals surface area contributed by atoms with E-state index in [1.807, 2.05) is 10.6 Å². The molecular formula is C25H33N3O6S. The van der Waals surface area contributed by atoms with Crippen molar-refractivity contribution in [1.82, 2.24) is 14.2 Å². The highest BCUT2D eigenvalue weighted by Crippen LogP contribution is 2.55. The van der Waals surface area contributed by atoms with Crippen LogP contribution < -0.4 is 4.72 Å². The Balaban J connectivity index is 1.64. The Labute approximate surface area is 205 Å². The summed E-state index contributed by atoms with van der Waals surface area (Å²) in [7, 11) is -2.10. The van der Waals surface area contributed by atoms with Crippen molar-refractivity contribution in [3.8, 4) is 0 Å². The van der Waals surface area contributed by atoms with Crippen molar-refractivity contribution < 1.29 is 27.8 Å². The molecule has 0 saturated carbocycles. The van der Waals surface area contributed by atoms with Crippen molar-refractivity contribution in [3.63, 3.8) is 0 Å². The van der Waals surface area contributed by atoms with Crippen molar-refractivity contribution in [2.75, 3.05) is 46.6 Å². The maximum atomic E-state index is 13.1. The number of methoxy groups -OCH3 is 1. The Morgan fingerprint density at radius 1 is 1.29 bits per heavy atom. The highest BCUT2D eigenvalue weighted by atomic mass is 32.2. The number of piperidine rings is 1. The SMILES string of the molecule is COCCCNS(=O)(=O)c1ccc2c(c1)c1c3n2C(C(=O)OCCO)=C[C@@]2(C)CCCN(CC1)[C@@H]32. The van der Waals surface area contributed by atoms with Crippen LogP contribution in [0.3, 0.4) is 0 Å². The first-order valence-corrected chi connectivity index (χ1v) is 13.7. The average molecular weight is 504 g/mol. The van der Waals surface area contributed by atoms with Crippen molar-refractivity contribution in [1.29, 1.82) is 0 Å². The highest BCUT2D eigenvalue weighted by molar-refractivity contribution is 7.89. The summed E-state index contributed by atoms with van der Waals surface area (Å²) in [5.74, 6) is -0.474. The lowest BCUT2D eigenvalue weighted by molar-refractivity contribution is -0.138. The molecule has 1 aromatic heterocycles. The van der Waals surface area contributed by atoms with Gasteiger partial charge in [-0.05, 0) is 62.1 Å². The van der Waals surface area contributed by atoms with Gasteiger partial charge in [-0.3, -0.25) is 4.90 Å². The molecule has 35 heavy (non-hydrogen) atoms. The molecule has 1 saturated heterocycles. The summed E-state index contributed by atoms with van der Waals surface area (Å²) in [6.07, 6.45) is 5.41. The Morgan fingerprint density at radius 3 is 2.89 bits per heavy atom. The number of aliphatic hydroxyl groups is 1. The van der Waals surface area contributed by atoms with Gasteiger partial charge in [-0.25, -0.2) is 17.9 Å². The fourth-order valence-electron chi connectivity index (χ4n) is 6.06. The van der Waals surface area contributed by atoms with Crippen molar-refractivity contribution >= 4 is 32.6 Å². The molecule has 190 valence electrons. The normalized spacial score (nSPS) is 23.7. The van der Waals surface area contributed by atoms with Crippen LogP contribution in [0.15, 0.2) is 29.2 Å². The van der Waals surface area contributed by atoms with Gasteiger partial charge in [0.1, 0.15) is 12.3 Å². The van der Waals surface area contributed by atoms with E-state index in [0.29, 0.717) is 25.3 Å². The number of fused-ring (bicyclic) bond motifs is 3. The summed E-state index contributed by atoms with van der Waals surface area (Å²) < 4.78 is 41.0. The Kier molecular flexibility index (Phi) is 6.52. The number of aliphatic hydroxyl groups excluding tert-OH is 1. The predicted molar refractivity (Wildman–Crippen MR) is 131 cm³/mol. The van der Waals surface area contributed by atoms with E-state index in [1.54, 1.807) is 25.3 Å². The molecule has 0 radical (unpaired) electrons. The minimum Gasteiger partial charge on any atom is -0.459 e. The topological polar surface area (TPSA) is 110 Å². The van der Waals surface area contributed by atoms with Gasteiger partial charge in [-0.1, -0.05) is 6.92 Å². The molecule has 2 atom stereocenters. The third-order valence-corrected chi connectivity index (χ3v) is 8.97. The average Bonchev–Trinajstić information content (AvgIpc) is 3.18. The number of nitrogens with one attached hydrogen (secondary N) is 1. The maximum Gasteiger partial charge on any atom is 0.355 e. The Bertz CT molecular complexity index is 1280. The van der Waals surface area contributed by atoms with Crippen LogP contribution >= 0.6 is 0 Å². The van der Waals surface area contributed by atoms with Gasteiger partial charge in [-0.2, -0.15) is 0 Å². The van der Waals surface area contributed by atoms with Crippen LogP contribution in [0, 0.1) is 5.41 Å². The molecule has 2 aromatic rings. The van der Waals surface area contributed by atoms with E-state index >= 15 is 0 Å². The summed E-state index contributed by atoms with van der Waals surface area (Å²) in [6, 6.07) is 5.25. The fourth-order valence-corrected chi connectivity index (χ4v) is 7.16. The number of benzene rings is 1. The first-order chi connectivity index (χ1) is 16.8. The standard InChI is InChI=1S/C25H33N3O6S/c1-25-8-3-10-27-11-7-18-19-15-17(35(31,32)26-9-4-13-33-2)5-6-20(19)28(22(18)23(25)27)21(16-25)24(30)34-14-12-29/h5-6,15-16,23,26,29H,3-4,7-14H2,1-2H3/t23-,25+/m0/s1. The predicted octanol–water partition coefficient (Wildman–Crippen LogP) is 2.05. The van der Waals surface area contributed by atoms with Crippen LogP contribution in [0.5, 0.6) is 0 Å². The van der Waals surface area contributed by atoms with Crippen molar-refractivity contribution in [2.45, 2.75) is 43.5 Å². The molecule has 10 heteroatoms. The van der Waals surface area contributed by atoms with Crippen molar-refractivity contribution in [3.05, 3.63) is 35.5 Å². The number of hydrogen-bond donors (Lipinski definition) is 2. The third kappa shape index (κ3) is 4.11. The monoisotopic (exact) mass is 503 g/mol. The maximum absolute atomic E-state index is 13.1. The van der Waals surface area contributed by atoms with Gasteiger partial charge in [0.2, 0.25) is 10.0 Å². The number of carbonyl (C=O) groups excluding carboxylic acids is 1. The van der Waals surface area contributed by atoms with Gasteiger partial charge in [-0.15, -0.1) is 0 Å². The zero-order chi connectivity index (χ0) is 24.8. The van der Waals surface area contributed by atoms with Gasteiger partial charge in [0.05, 0.1) is 23.1 Å². The number of esters is 1. The zero-order valence-electron chi connectivity index (χ0n) is 20.2. The van der Waals surface area contributed by atoms with Crippen LogP contribution in [0.1, 0.15) is 43.5 Å². The molecule has 1 fully saturated rings. The van der Waals surface area contributed by atoms with Gasteiger partial charge in [0.15, 0.2) is 0 Å². The number of rotatable bonds is 9. The highest BCUT2D eigenvalue weighted by Gasteiger charge is 2.49. The van der Waals surface area contributed by atoms with E-state index in [4.69, 9.17) is 9.47 Å².